The van der Waals surface area contributed by atoms with Crippen LogP contribution in [0, 0.1) is 5.82 Å². The van der Waals surface area contributed by atoms with Gasteiger partial charge >= 0.3 is 0 Å². The van der Waals surface area contributed by atoms with Crippen LogP contribution in [0.4, 0.5) is 4.39 Å². The van der Waals surface area contributed by atoms with E-state index in [4.69, 9.17) is 0 Å². The van der Waals surface area contributed by atoms with Gasteiger partial charge in [-0.05, 0) is 34.5 Å². The van der Waals surface area contributed by atoms with Crippen LogP contribution < -0.4 is 5.56 Å². The maximum atomic E-state index is 14.0. The van der Waals surface area contributed by atoms with Crippen molar-refractivity contribution < 1.29 is 4.39 Å². The van der Waals surface area contributed by atoms with Crippen molar-refractivity contribution in [3.63, 3.8) is 0 Å². The molecule has 0 aliphatic carbocycles. The maximum absolute atomic E-state index is 14.0. The second kappa shape index (κ2) is 7.16. The summed E-state index contributed by atoms with van der Waals surface area (Å²) in [5, 5.41) is 13.1. The molecule has 5 nitrogen and oxygen atoms in total. The Labute approximate surface area is 171 Å². The number of thioether (sulfide) groups is 1. The van der Waals surface area contributed by atoms with E-state index in [-0.39, 0.29) is 11.4 Å². The Morgan fingerprint density at radius 1 is 1.04 bits per heavy atom. The first-order valence-corrected chi connectivity index (χ1v) is 11.2. The summed E-state index contributed by atoms with van der Waals surface area (Å²) < 4.78 is 18.2. The summed E-state index contributed by atoms with van der Waals surface area (Å²) in [5.41, 5.74) is 1.33. The predicted molar refractivity (Wildman–Crippen MR) is 112 cm³/mol. The van der Waals surface area contributed by atoms with E-state index in [2.05, 4.69) is 10.2 Å². The Bertz CT molecular complexity index is 1340. The molecule has 5 rings (SSSR count). The van der Waals surface area contributed by atoms with Crippen LogP contribution in [0.3, 0.4) is 0 Å². The zero-order valence-corrected chi connectivity index (χ0v) is 16.9. The summed E-state index contributed by atoms with van der Waals surface area (Å²) in [6.45, 7) is 0.448. The van der Waals surface area contributed by atoms with Crippen molar-refractivity contribution >= 4 is 50.4 Å². The van der Waals surface area contributed by atoms with Gasteiger partial charge in [0.1, 0.15) is 10.5 Å². The number of aromatic nitrogens is 4. The van der Waals surface area contributed by atoms with Crippen molar-refractivity contribution in [2.45, 2.75) is 17.5 Å². The summed E-state index contributed by atoms with van der Waals surface area (Å²) in [4.78, 5) is 14.1. The van der Waals surface area contributed by atoms with Crippen LogP contribution in [0.5, 0.6) is 0 Å². The van der Waals surface area contributed by atoms with E-state index in [1.807, 2.05) is 39.4 Å². The van der Waals surface area contributed by atoms with E-state index in [1.165, 1.54) is 29.2 Å². The molecule has 0 saturated heterocycles. The third kappa shape index (κ3) is 2.95. The zero-order valence-electron chi connectivity index (χ0n) is 14.4. The third-order valence-electron chi connectivity index (χ3n) is 4.39. The second-order valence-electron chi connectivity index (χ2n) is 6.10. The largest absolute Gasteiger partial charge is 0.273 e. The van der Waals surface area contributed by atoms with Crippen molar-refractivity contribution in [1.29, 1.82) is 0 Å². The highest BCUT2D eigenvalue weighted by Gasteiger charge is 2.18. The Morgan fingerprint density at radius 3 is 2.75 bits per heavy atom. The van der Waals surface area contributed by atoms with Gasteiger partial charge in [-0.1, -0.05) is 36.0 Å². The Kier molecular flexibility index (Phi) is 4.50. The van der Waals surface area contributed by atoms with Crippen molar-refractivity contribution in [3.05, 3.63) is 79.8 Å². The average molecular weight is 429 g/mol. The Morgan fingerprint density at radius 2 is 1.93 bits per heavy atom. The molecule has 0 radical (unpaired) electrons. The summed E-state index contributed by atoms with van der Waals surface area (Å²) in [7, 11) is 0. The molecule has 1 aromatic carbocycles. The number of hydrogen-bond donors (Lipinski definition) is 0. The van der Waals surface area contributed by atoms with E-state index in [0.717, 1.165) is 10.4 Å². The first-order valence-electron chi connectivity index (χ1n) is 8.46. The molecule has 0 aliphatic heterocycles. The molecule has 9 heteroatoms. The van der Waals surface area contributed by atoms with E-state index in [9.17, 15) is 9.18 Å². The van der Waals surface area contributed by atoms with Crippen LogP contribution in [0.15, 0.2) is 63.2 Å². The van der Waals surface area contributed by atoms with Gasteiger partial charge in [-0.15, -0.1) is 32.9 Å². The molecule has 0 saturated carbocycles. The zero-order chi connectivity index (χ0) is 19.1. The van der Waals surface area contributed by atoms with Gasteiger partial charge < -0.3 is 0 Å². The van der Waals surface area contributed by atoms with Gasteiger partial charge in [-0.25, -0.2) is 4.39 Å². The van der Waals surface area contributed by atoms with Crippen LogP contribution in [0.25, 0.3) is 16.0 Å². The lowest BCUT2D eigenvalue weighted by molar-refractivity contribution is 0.617. The van der Waals surface area contributed by atoms with Crippen molar-refractivity contribution in [3.8, 4) is 0 Å². The van der Waals surface area contributed by atoms with Gasteiger partial charge in [0.25, 0.3) is 5.56 Å². The van der Waals surface area contributed by atoms with Crippen LogP contribution >= 0.6 is 34.4 Å². The molecular weight excluding hydrogens is 415 g/mol. The lowest BCUT2D eigenvalue weighted by Gasteiger charge is -2.08. The summed E-state index contributed by atoms with van der Waals surface area (Å²) in [6, 6.07) is 12.6. The van der Waals surface area contributed by atoms with E-state index in [0.29, 0.717) is 33.5 Å². The van der Waals surface area contributed by atoms with E-state index in [1.54, 1.807) is 28.0 Å². The third-order valence-corrected chi connectivity index (χ3v) is 7.12. The maximum Gasteiger partial charge on any atom is 0.273 e. The number of nitrogens with zero attached hydrogens (tertiary/aromatic N) is 4. The highest BCUT2D eigenvalue weighted by Crippen LogP contribution is 2.27. The number of fused-ring (bicyclic) bond motifs is 3. The van der Waals surface area contributed by atoms with Gasteiger partial charge in [0.2, 0.25) is 5.78 Å². The lowest BCUT2D eigenvalue weighted by atomic mass is 10.2. The first kappa shape index (κ1) is 17.6. The highest BCUT2D eigenvalue weighted by molar-refractivity contribution is 7.98. The minimum absolute atomic E-state index is 0.0658. The van der Waals surface area contributed by atoms with Crippen molar-refractivity contribution in [2.24, 2.45) is 0 Å². The lowest BCUT2D eigenvalue weighted by Crippen LogP contribution is -2.22. The fourth-order valence-electron chi connectivity index (χ4n) is 3.05. The van der Waals surface area contributed by atoms with E-state index < -0.39 is 0 Å². The van der Waals surface area contributed by atoms with Crippen molar-refractivity contribution in [1.82, 2.24) is 19.2 Å². The molecule has 140 valence electrons. The fraction of sp³-hybridized carbons (Fsp3) is 0.105. The van der Waals surface area contributed by atoms with Gasteiger partial charge in [-0.3, -0.25) is 13.8 Å². The quantitative estimate of drug-likeness (QED) is 0.383. The molecule has 0 unspecified atom stereocenters. The summed E-state index contributed by atoms with van der Waals surface area (Å²) in [6.07, 6.45) is 0. The average Bonchev–Trinajstić information content (AvgIpc) is 3.44. The highest BCUT2D eigenvalue weighted by atomic mass is 32.2. The molecule has 0 atom stereocenters. The molecular formula is C19H13FN4OS3. The monoisotopic (exact) mass is 428 g/mol. The SMILES string of the molecule is O=c1c2sccc2n2c(SCc3ccccc3F)nnc2n1Cc1cccs1. The van der Waals surface area contributed by atoms with Gasteiger partial charge in [0.15, 0.2) is 5.16 Å². The number of thiophene rings is 2. The minimum atomic E-state index is -0.237. The Balaban J connectivity index is 1.63. The minimum Gasteiger partial charge on any atom is -0.270 e. The first-order chi connectivity index (χ1) is 13.7. The van der Waals surface area contributed by atoms with Crippen LogP contribution in [0.2, 0.25) is 0 Å². The van der Waals surface area contributed by atoms with Gasteiger partial charge in [0.05, 0.1) is 12.1 Å². The topological polar surface area (TPSA) is 52.2 Å². The van der Waals surface area contributed by atoms with Gasteiger partial charge in [0, 0.05) is 10.6 Å². The van der Waals surface area contributed by atoms with Crippen LogP contribution in [-0.4, -0.2) is 19.2 Å². The smallest absolute Gasteiger partial charge is 0.270 e. The van der Waals surface area contributed by atoms with Crippen LogP contribution in [0.1, 0.15) is 10.4 Å². The molecule has 0 amide bonds. The Hall–Kier alpha value is -2.49. The number of rotatable bonds is 5. The van der Waals surface area contributed by atoms with E-state index >= 15 is 0 Å². The normalized spacial score (nSPS) is 11.6. The molecule has 4 heterocycles. The number of halogens is 1. The predicted octanol–water partition coefficient (Wildman–Crippen LogP) is 4.65. The van der Waals surface area contributed by atoms with Crippen molar-refractivity contribution in [2.75, 3.05) is 0 Å². The summed E-state index contributed by atoms with van der Waals surface area (Å²) >= 11 is 4.41. The number of benzene rings is 1. The molecule has 0 bridgehead atoms. The number of hydrogen-bond acceptors (Lipinski definition) is 6. The standard InChI is InChI=1S/C19H13FN4OS3/c20-14-6-2-1-4-12(14)11-28-19-22-21-18-23(10-13-5-3-8-26-13)17(25)16-15(24(18)19)7-9-27-16/h1-9H,10-11H2. The molecule has 28 heavy (non-hydrogen) atoms. The molecule has 0 aliphatic rings. The fourth-order valence-corrected chi connectivity index (χ4v) is 5.50. The molecule has 0 fully saturated rings. The molecule has 5 aromatic rings. The second-order valence-corrected chi connectivity index (χ2v) is 8.99. The van der Waals surface area contributed by atoms with Gasteiger partial charge in [-0.2, -0.15) is 0 Å². The molecule has 0 N–H and O–H groups in total. The molecule has 0 spiro atoms. The summed E-state index contributed by atoms with van der Waals surface area (Å²) in [5.74, 6) is 0.697. The molecule has 4 aromatic heterocycles. The van der Waals surface area contributed by atoms with Crippen LogP contribution in [-0.2, 0) is 12.3 Å².